The quantitative estimate of drug-likeness (QED) is 0.541. The van der Waals surface area contributed by atoms with Crippen LogP contribution >= 0.6 is 0 Å². The molecule has 1 unspecified atom stereocenters. The van der Waals surface area contributed by atoms with E-state index in [4.69, 9.17) is 9.84 Å². The normalized spacial score (nSPS) is 13.7. The standard InChI is InChI=1S/C25H27F3N2O5/c1-15(2)12-30(13-23(32)33)22(31)11-21(25(26,27)28)29-24(34)35-14-20-18-9-5-3-7-16(18)17-8-4-6-10-19(17)20/h3-10,15,20-21H,11-14H2,1-2H3,(H,29,34)(H,32,33). The molecule has 0 saturated carbocycles. The van der Waals surface area contributed by atoms with E-state index < -0.39 is 43.2 Å². The summed E-state index contributed by atoms with van der Waals surface area (Å²) in [6.45, 7) is 2.47. The minimum atomic E-state index is -4.94. The second-order valence-electron chi connectivity index (χ2n) is 8.83. The van der Waals surface area contributed by atoms with E-state index in [1.54, 1.807) is 19.2 Å². The van der Waals surface area contributed by atoms with Crippen molar-refractivity contribution in [2.45, 2.75) is 38.4 Å². The number of fused-ring (bicyclic) bond motifs is 3. The van der Waals surface area contributed by atoms with Gasteiger partial charge in [-0.3, -0.25) is 9.59 Å². The van der Waals surface area contributed by atoms with Crippen molar-refractivity contribution in [1.82, 2.24) is 10.2 Å². The van der Waals surface area contributed by atoms with Gasteiger partial charge in [0.05, 0.1) is 6.42 Å². The molecule has 1 aliphatic carbocycles. The monoisotopic (exact) mass is 492 g/mol. The number of alkyl carbamates (subject to hydrolysis) is 1. The Morgan fingerprint density at radius 1 is 1.03 bits per heavy atom. The van der Waals surface area contributed by atoms with E-state index in [0.717, 1.165) is 27.2 Å². The van der Waals surface area contributed by atoms with Gasteiger partial charge in [0.25, 0.3) is 0 Å². The molecular formula is C25H27F3N2O5. The number of aliphatic carboxylic acids is 1. The Morgan fingerprint density at radius 3 is 2.06 bits per heavy atom. The summed E-state index contributed by atoms with van der Waals surface area (Å²) in [5.74, 6) is -2.86. The van der Waals surface area contributed by atoms with Gasteiger partial charge in [0, 0.05) is 12.5 Å². The Kier molecular flexibility index (Phi) is 8.03. The first-order chi connectivity index (χ1) is 16.5. The van der Waals surface area contributed by atoms with Crippen LogP contribution in [0.3, 0.4) is 0 Å². The van der Waals surface area contributed by atoms with Gasteiger partial charge in [-0.25, -0.2) is 4.79 Å². The van der Waals surface area contributed by atoms with Gasteiger partial charge in [0.1, 0.15) is 19.2 Å². The number of carboxylic acids is 1. The number of rotatable bonds is 9. The van der Waals surface area contributed by atoms with Crippen LogP contribution in [0.2, 0.25) is 0 Å². The lowest BCUT2D eigenvalue weighted by molar-refractivity contribution is -0.164. The average Bonchev–Trinajstić information content (AvgIpc) is 3.09. The number of nitrogens with zero attached hydrogens (tertiary/aromatic N) is 1. The number of carbonyl (C=O) groups excluding carboxylic acids is 2. The number of hydrogen-bond acceptors (Lipinski definition) is 4. The first-order valence-corrected chi connectivity index (χ1v) is 11.1. The fraction of sp³-hybridized carbons (Fsp3) is 0.400. The third-order valence-corrected chi connectivity index (χ3v) is 5.67. The number of carboxylic acid groups (broad SMARTS) is 1. The molecule has 188 valence electrons. The highest BCUT2D eigenvalue weighted by Gasteiger charge is 2.43. The Hall–Kier alpha value is -3.56. The summed E-state index contributed by atoms with van der Waals surface area (Å²) in [6, 6.07) is 12.5. The van der Waals surface area contributed by atoms with Crippen molar-refractivity contribution in [2.75, 3.05) is 19.7 Å². The maximum atomic E-state index is 13.6. The SMILES string of the molecule is CC(C)CN(CC(=O)O)C(=O)CC(NC(=O)OCC1c2ccccc2-c2ccccc21)C(F)(F)F. The van der Waals surface area contributed by atoms with Gasteiger partial charge in [-0.05, 0) is 28.2 Å². The van der Waals surface area contributed by atoms with Crippen LogP contribution < -0.4 is 5.32 Å². The van der Waals surface area contributed by atoms with Crippen LogP contribution in [0.1, 0.15) is 37.3 Å². The van der Waals surface area contributed by atoms with E-state index in [9.17, 15) is 27.6 Å². The van der Waals surface area contributed by atoms with Crippen molar-refractivity contribution in [1.29, 1.82) is 0 Å². The van der Waals surface area contributed by atoms with Crippen LogP contribution in [0.15, 0.2) is 48.5 Å². The smallest absolute Gasteiger partial charge is 0.409 e. The number of halogens is 3. The number of ether oxygens (including phenoxy) is 1. The van der Waals surface area contributed by atoms with Crippen molar-refractivity contribution in [3.63, 3.8) is 0 Å². The number of alkyl halides is 3. The highest BCUT2D eigenvalue weighted by Crippen LogP contribution is 2.44. The fourth-order valence-electron chi connectivity index (χ4n) is 4.19. The summed E-state index contributed by atoms with van der Waals surface area (Å²) in [6.07, 6.45) is -7.38. The van der Waals surface area contributed by atoms with Gasteiger partial charge < -0.3 is 20.1 Å². The fourth-order valence-corrected chi connectivity index (χ4v) is 4.19. The minimum Gasteiger partial charge on any atom is -0.480 e. The highest BCUT2D eigenvalue weighted by atomic mass is 19.4. The van der Waals surface area contributed by atoms with Crippen LogP contribution in [-0.2, 0) is 14.3 Å². The van der Waals surface area contributed by atoms with Crippen LogP contribution in [0.4, 0.5) is 18.0 Å². The van der Waals surface area contributed by atoms with Crippen molar-refractivity contribution < 1.29 is 37.4 Å². The van der Waals surface area contributed by atoms with Crippen molar-refractivity contribution >= 4 is 18.0 Å². The van der Waals surface area contributed by atoms with Crippen LogP contribution in [0, 0.1) is 5.92 Å². The van der Waals surface area contributed by atoms with E-state index in [1.807, 2.05) is 48.5 Å². The lowest BCUT2D eigenvalue weighted by Crippen LogP contribution is -2.50. The van der Waals surface area contributed by atoms with E-state index >= 15 is 0 Å². The van der Waals surface area contributed by atoms with Crippen LogP contribution in [0.5, 0.6) is 0 Å². The molecule has 0 radical (unpaired) electrons. The molecule has 10 heteroatoms. The zero-order valence-electron chi connectivity index (χ0n) is 19.3. The molecule has 0 aliphatic heterocycles. The molecule has 2 aromatic rings. The van der Waals surface area contributed by atoms with Crippen LogP contribution in [0.25, 0.3) is 11.1 Å². The molecule has 2 amide bonds. The molecule has 0 saturated heterocycles. The molecule has 7 nitrogen and oxygen atoms in total. The maximum absolute atomic E-state index is 13.6. The summed E-state index contributed by atoms with van der Waals surface area (Å²) >= 11 is 0. The second-order valence-corrected chi connectivity index (χ2v) is 8.83. The molecule has 0 spiro atoms. The largest absolute Gasteiger partial charge is 0.480 e. The lowest BCUT2D eigenvalue weighted by atomic mass is 9.98. The molecule has 1 atom stereocenters. The predicted octanol–water partition coefficient (Wildman–Crippen LogP) is 4.42. The first-order valence-electron chi connectivity index (χ1n) is 11.1. The summed E-state index contributed by atoms with van der Waals surface area (Å²) in [5, 5.41) is 10.7. The summed E-state index contributed by atoms with van der Waals surface area (Å²) < 4.78 is 46.0. The number of hydrogen-bond donors (Lipinski definition) is 2. The van der Waals surface area contributed by atoms with Gasteiger partial charge in [-0.1, -0.05) is 62.4 Å². The molecule has 0 heterocycles. The number of carbonyl (C=O) groups is 3. The molecule has 0 bridgehead atoms. The summed E-state index contributed by atoms with van der Waals surface area (Å²) in [7, 11) is 0. The molecular weight excluding hydrogens is 465 g/mol. The molecule has 2 aromatic carbocycles. The Balaban J connectivity index is 1.67. The lowest BCUT2D eigenvalue weighted by Gasteiger charge is -2.27. The van der Waals surface area contributed by atoms with Gasteiger partial charge in [0.2, 0.25) is 5.91 Å². The summed E-state index contributed by atoms with van der Waals surface area (Å²) in [5.41, 5.74) is 3.75. The van der Waals surface area contributed by atoms with E-state index in [1.165, 1.54) is 0 Å². The molecule has 2 N–H and O–H groups in total. The first kappa shape index (κ1) is 26.1. The third-order valence-electron chi connectivity index (χ3n) is 5.67. The molecule has 35 heavy (non-hydrogen) atoms. The van der Waals surface area contributed by atoms with E-state index in [2.05, 4.69) is 0 Å². The van der Waals surface area contributed by atoms with Crippen LogP contribution in [-0.4, -0.2) is 59.9 Å². The van der Waals surface area contributed by atoms with Gasteiger partial charge in [0.15, 0.2) is 0 Å². The zero-order chi connectivity index (χ0) is 25.8. The molecule has 0 fully saturated rings. The van der Waals surface area contributed by atoms with E-state index in [0.29, 0.717) is 0 Å². The average molecular weight is 492 g/mol. The second kappa shape index (κ2) is 10.8. The van der Waals surface area contributed by atoms with Crippen molar-refractivity contribution in [3.8, 4) is 11.1 Å². The van der Waals surface area contributed by atoms with Gasteiger partial charge in [-0.2, -0.15) is 13.2 Å². The van der Waals surface area contributed by atoms with Crippen molar-refractivity contribution in [3.05, 3.63) is 59.7 Å². The van der Waals surface area contributed by atoms with Gasteiger partial charge in [-0.15, -0.1) is 0 Å². The predicted molar refractivity (Wildman–Crippen MR) is 122 cm³/mol. The Morgan fingerprint density at radius 2 is 1.57 bits per heavy atom. The number of amides is 2. The number of nitrogens with one attached hydrogen (secondary N) is 1. The molecule has 0 aromatic heterocycles. The summed E-state index contributed by atoms with van der Waals surface area (Å²) in [4.78, 5) is 36.7. The Bertz CT molecular complexity index is 1040. The maximum Gasteiger partial charge on any atom is 0.409 e. The third kappa shape index (κ3) is 6.52. The minimum absolute atomic E-state index is 0.0271. The zero-order valence-corrected chi connectivity index (χ0v) is 19.3. The Labute approximate surface area is 200 Å². The highest BCUT2D eigenvalue weighted by molar-refractivity contribution is 5.82. The van der Waals surface area contributed by atoms with E-state index in [-0.39, 0.29) is 25.0 Å². The molecule has 1 aliphatic rings. The van der Waals surface area contributed by atoms with Crippen molar-refractivity contribution in [2.24, 2.45) is 5.92 Å². The topological polar surface area (TPSA) is 95.9 Å². The van der Waals surface area contributed by atoms with Gasteiger partial charge >= 0.3 is 18.2 Å². The number of benzene rings is 2. The molecule has 3 rings (SSSR count).